The third-order valence-electron chi connectivity index (χ3n) is 3.58. The Bertz CT molecular complexity index is 1070. The lowest BCUT2D eigenvalue weighted by molar-refractivity contribution is -0.123. The van der Waals surface area contributed by atoms with Gasteiger partial charge in [0.25, 0.3) is 5.91 Å². The van der Waals surface area contributed by atoms with Crippen LogP contribution in [0, 0.1) is 11.3 Å². The second-order valence-electron chi connectivity index (χ2n) is 5.52. The van der Waals surface area contributed by atoms with Gasteiger partial charge < -0.3 is 9.15 Å². The average Bonchev–Trinajstić information content (AvgIpc) is 3.17. The number of rotatable bonds is 6. The summed E-state index contributed by atoms with van der Waals surface area (Å²) in [6, 6.07) is 17.3. The Morgan fingerprint density at radius 3 is 2.79 bits per heavy atom. The van der Waals surface area contributed by atoms with Crippen LogP contribution in [-0.2, 0) is 4.79 Å². The van der Waals surface area contributed by atoms with Gasteiger partial charge in [0, 0.05) is 5.56 Å². The van der Waals surface area contributed by atoms with E-state index in [4.69, 9.17) is 37.6 Å². The molecule has 0 atom stereocenters. The number of nitriles is 1. The third kappa shape index (κ3) is 4.92. The molecule has 0 radical (unpaired) electrons. The summed E-state index contributed by atoms with van der Waals surface area (Å²) < 4.78 is 11.0. The van der Waals surface area contributed by atoms with Crippen LogP contribution in [0.1, 0.15) is 11.3 Å². The van der Waals surface area contributed by atoms with E-state index in [1.807, 2.05) is 6.07 Å². The maximum atomic E-state index is 11.8. The fraction of sp³-hybridized carbons (Fsp3) is 0.0500. The molecule has 1 amide bonds. The van der Waals surface area contributed by atoms with E-state index in [1.54, 1.807) is 54.6 Å². The number of para-hydroxylation sites is 1. The van der Waals surface area contributed by atoms with Gasteiger partial charge in [0.15, 0.2) is 6.61 Å². The van der Waals surface area contributed by atoms with E-state index in [0.717, 1.165) is 5.56 Å². The first kappa shape index (κ1) is 19.5. The predicted molar refractivity (Wildman–Crippen MR) is 107 cm³/mol. The molecule has 0 unspecified atom stereocenters. The number of hydrazone groups is 1. The topological polar surface area (TPSA) is 87.6 Å². The molecule has 0 spiro atoms. The van der Waals surface area contributed by atoms with Gasteiger partial charge in [-0.2, -0.15) is 10.4 Å². The predicted octanol–water partition coefficient (Wildman–Crippen LogP) is 4.65. The van der Waals surface area contributed by atoms with E-state index in [9.17, 15) is 4.79 Å². The summed E-state index contributed by atoms with van der Waals surface area (Å²) >= 11 is 11.9. The first-order valence-corrected chi connectivity index (χ1v) is 8.81. The second kappa shape index (κ2) is 9.09. The number of hydrogen-bond donors (Lipinski definition) is 1. The Hall–Kier alpha value is -3.27. The summed E-state index contributed by atoms with van der Waals surface area (Å²) in [5, 5.41) is 13.7. The van der Waals surface area contributed by atoms with Gasteiger partial charge >= 0.3 is 0 Å². The molecule has 1 aromatic heterocycles. The smallest absolute Gasteiger partial charge is 0.277 e. The lowest BCUT2D eigenvalue weighted by Crippen LogP contribution is -2.24. The lowest BCUT2D eigenvalue weighted by atomic mass is 10.2. The van der Waals surface area contributed by atoms with Crippen LogP contribution < -0.4 is 10.2 Å². The summed E-state index contributed by atoms with van der Waals surface area (Å²) in [6.45, 7) is -0.275. The van der Waals surface area contributed by atoms with Crippen molar-refractivity contribution in [3.05, 3.63) is 76.0 Å². The summed E-state index contributed by atoms with van der Waals surface area (Å²) in [7, 11) is 0. The highest BCUT2D eigenvalue weighted by atomic mass is 35.5. The van der Waals surface area contributed by atoms with Crippen molar-refractivity contribution in [2.24, 2.45) is 5.10 Å². The summed E-state index contributed by atoms with van der Waals surface area (Å²) in [5.74, 6) is 0.890. The molecule has 0 aliphatic carbocycles. The molecule has 8 heteroatoms. The normalized spacial score (nSPS) is 10.6. The quantitative estimate of drug-likeness (QED) is 0.470. The average molecular weight is 414 g/mol. The van der Waals surface area contributed by atoms with Crippen molar-refractivity contribution < 1.29 is 13.9 Å². The van der Waals surface area contributed by atoms with Crippen molar-refractivity contribution in [3.8, 4) is 23.1 Å². The van der Waals surface area contributed by atoms with Crippen molar-refractivity contribution in [1.29, 1.82) is 5.26 Å². The standard InChI is InChI=1S/C20H13Cl2N3O3/c21-16-7-5-13(9-17(16)22)19-8-6-15(28-19)11-24-25-20(26)12-27-18-4-2-1-3-14(18)10-23/h1-9,11H,12H2,(H,25,26)/b24-11+. The highest BCUT2D eigenvalue weighted by molar-refractivity contribution is 6.42. The molecule has 0 aliphatic heterocycles. The molecule has 28 heavy (non-hydrogen) atoms. The molecule has 0 fully saturated rings. The molecule has 140 valence electrons. The first-order chi connectivity index (χ1) is 13.6. The number of nitrogens with zero attached hydrogens (tertiary/aromatic N) is 2. The minimum absolute atomic E-state index is 0.275. The third-order valence-corrected chi connectivity index (χ3v) is 4.32. The maximum Gasteiger partial charge on any atom is 0.277 e. The zero-order chi connectivity index (χ0) is 19.9. The molecule has 0 bridgehead atoms. The van der Waals surface area contributed by atoms with Crippen LogP contribution in [-0.4, -0.2) is 18.7 Å². The molecule has 3 rings (SSSR count). The molecule has 6 nitrogen and oxygen atoms in total. The number of carbonyl (C=O) groups is 1. The van der Waals surface area contributed by atoms with Crippen LogP contribution in [0.25, 0.3) is 11.3 Å². The van der Waals surface area contributed by atoms with E-state index in [-0.39, 0.29) is 6.61 Å². The minimum Gasteiger partial charge on any atom is -0.482 e. The number of ether oxygens (including phenoxy) is 1. The molecule has 1 N–H and O–H groups in total. The van der Waals surface area contributed by atoms with Crippen LogP contribution in [0.3, 0.4) is 0 Å². The highest BCUT2D eigenvalue weighted by Gasteiger charge is 2.07. The SMILES string of the molecule is N#Cc1ccccc1OCC(=O)N/N=C/c1ccc(-c2ccc(Cl)c(Cl)c2)o1. The molecule has 1 heterocycles. The number of hydrogen-bond acceptors (Lipinski definition) is 5. The van der Waals surface area contributed by atoms with E-state index in [2.05, 4.69) is 10.5 Å². The zero-order valence-electron chi connectivity index (χ0n) is 14.4. The van der Waals surface area contributed by atoms with Gasteiger partial charge in [-0.1, -0.05) is 35.3 Å². The molecular formula is C20H13Cl2N3O3. The molecule has 0 aliphatic rings. The number of amides is 1. The van der Waals surface area contributed by atoms with E-state index < -0.39 is 5.91 Å². The number of nitrogens with one attached hydrogen (secondary N) is 1. The molecule has 0 saturated heterocycles. The van der Waals surface area contributed by atoms with Gasteiger partial charge in [-0.25, -0.2) is 5.43 Å². The van der Waals surface area contributed by atoms with Crippen molar-refractivity contribution in [2.45, 2.75) is 0 Å². The van der Waals surface area contributed by atoms with Crippen LogP contribution in [0.2, 0.25) is 10.0 Å². The van der Waals surface area contributed by atoms with Gasteiger partial charge in [-0.3, -0.25) is 4.79 Å². The summed E-state index contributed by atoms with van der Waals surface area (Å²) in [6.07, 6.45) is 1.36. The largest absolute Gasteiger partial charge is 0.482 e. The molecular weight excluding hydrogens is 401 g/mol. The Morgan fingerprint density at radius 1 is 1.18 bits per heavy atom. The minimum atomic E-state index is -0.472. The molecule has 3 aromatic rings. The summed E-state index contributed by atoms with van der Waals surface area (Å²) in [5.41, 5.74) is 3.45. The monoisotopic (exact) mass is 413 g/mol. The van der Waals surface area contributed by atoms with E-state index >= 15 is 0 Å². The van der Waals surface area contributed by atoms with Crippen molar-refractivity contribution >= 4 is 35.3 Å². The fourth-order valence-corrected chi connectivity index (χ4v) is 2.55. The van der Waals surface area contributed by atoms with Crippen molar-refractivity contribution in [3.63, 3.8) is 0 Å². The second-order valence-corrected chi connectivity index (χ2v) is 6.34. The zero-order valence-corrected chi connectivity index (χ0v) is 15.9. The fourth-order valence-electron chi connectivity index (χ4n) is 2.26. The van der Waals surface area contributed by atoms with Crippen LogP contribution in [0.4, 0.5) is 0 Å². The van der Waals surface area contributed by atoms with Gasteiger partial charge in [0.2, 0.25) is 0 Å². The summed E-state index contributed by atoms with van der Waals surface area (Å²) in [4.78, 5) is 11.8. The van der Waals surface area contributed by atoms with E-state index in [0.29, 0.717) is 32.9 Å². The number of halogens is 2. The van der Waals surface area contributed by atoms with Gasteiger partial charge in [0.1, 0.15) is 23.3 Å². The van der Waals surface area contributed by atoms with Gasteiger partial charge in [-0.05, 0) is 42.5 Å². The number of furan rings is 1. The maximum absolute atomic E-state index is 11.8. The lowest BCUT2D eigenvalue weighted by Gasteiger charge is -2.05. The Labute approximate surface area is 170 Å². The van der Waals surface area contributed by atoms with Crippen LogP contribution in [0.15, 0.2) is 64.1 Å². The van der Waals surface area contributed by atoms with Gasteiger partial charge in [-0.15, -0.1) is 0 Å². The molecule has 2 aromatic carbocycles. The number of benzene rings is 2. The van der Waals surface area contributed by atoms with Gasteiger partial charge in [0.05, 0.1) is 21.8 Å². The van der Waals surface area contributed by atoms with Crippen LogP contribution in [0.5, 0.6) is 5.75 Å². The Morgan fingerprint density at radius 2 is 2.00 bits per heavy atom. The van der Waals surface area contributed by atoms with Crippen molar-refractivity contribution in [2.75, 3.05) is 6.61 Å². The number of carbonyl (C=O) groups excluding carboxylic acids is 1. The highest BCUT2D eigenvalue weighted by Crippen LogP contribution is 2.29. The van der Waals surface area contributed by atoms with E-state index in [1.165, 1.54) is 6.21 Å². The van der Waals surface area contributed by atoms with Crippen LogP contribution >= 0.6 is 23.2 Å². The molecule has 0 saturated carbocycles. The first-order valence-electron chi connectivity index (χ1n) is 8.06. The Kier molecular flexibility index (Phi) is 6.33. The Balaban J connectivity index is 1.55. The van der Waals surface area contributed by atoms with Crippen molar-refractivity contribution in [1.82, 2.24) is 5.43 Å².